The number of hydrogen-bond acceptors (Lipinski definition) is 4. The van der Waals surface area contributed by atoms with Gasteiger partial charge in [-0.1, -0.05) is 29.8 Å². The summed E-state index contributed by atoms with van der Waals surface area (Å²) >= 11 is 0. The molecule has 0 atom stereocenters. The van der Waals surface area contributed by atoms with E-state index < -0.39 is 9.84 Å². The van der Waals surface area contributed by atoms with E-state index in [1.165, 1.54) is 19.2 Å². The number of amides is 1. The molecule has 0 aromatic heterocycles. The third-order valence-electron chi connectivity index (χ3n) is 3.67. The Hall–Kier alpha value is -2.47. The summed E-state index contributed by atoms with van der Waals surface area (Å²) in [4.78, 5) is 23.8. The fourth-order valence-electron chi connectivity index (χ4n) is 2.19. The van der Waals surface area contributed by atoms with Crippen molar-refractivity contribution in [3.8, 4) is 0 Å². The van der Waals surface area contributed by atoms with E-state index in [1.807, 2.05) is 6.92 Å². The highest BCUT2D eigenvalue weighted by atomic mass is 32.2. The van der Waals surface area contributed by atoms with Crippen LogP contribution in [0.5, 0.6) is 0 Å². The van der Waals surface area contributed by atoms with Crippen LogP contribution in [0.15, 0.2) is 53.4 Å². The van der Waals surface area contributed by atoms with Gasteiger partial charge in [0.05, 0.1) is 10.6 Å². The summed E-state index contributed by atoms with van der Waals surface area (Å²) < 4.78 is 24.5. The number of rotatable bonds is 6. The molecule has 0 saturated carbocycles. The standard InChI is InChI=1S/C18H19NO4S/c1-13-3-9-16(10-4-13)24(22,23)12-11-17(20)14-5-7-15(8-6-14)18(21)19-2/h3-10H,11-12H2,1-2H3,(H,19,21). The summed E-state index contributed by atoms with van der Waals surface area (Å²) in [5.41, 5.74) is 1.81. The monoisotopic (exact) mass is 345 g/mol. The smallest absolute Gasteiger partial charge is 0.251 e. The van der Waals surface area contributed by atoms with E-state index in [-0.39, 0.29) is 28.8 Å². The Morgan fingerprint density at radius 3 is 2.00 bits per heavy atom. The summed E-state index contributed by atoms with van der Waals surface area (Å²) in [7, 11) is -1.97. The van der Waals surface area contributed by atoms with Gasteiger partial charge in [0.15, 0.2) is 15.6 Å². The Bertz CT molecular complexity index is 838. The molecule has 24 heavy (non-hydrogen) atoms. The van der Waals surface area contributed by atoms with Gasteiger partial charge in [-0.15, -0.1) is 0 Å². The van der Waals surface area contributed by atoms with Crippen molar-refractivity contribution < 1.29 is 18.0 Å². The van der Waals surface area contributed by atoms with Gasteiger partial charge in [0, 0.05) is 24.6 Å². The van der Waals surface area contributed by atoms with Crippen LogP contribution in [-0.4, -0.2) is 32.9 Å². The van der Waals surface area contributed by atoms with Gasteiger partial charge in [-0.25, -0.2) is 8.42 Å². The topological polar surface area (TPSA) is 80.3 Å². The average molecular weight is 345 g/mol. The van der Waals surface area contributed by atoms with Crippen LogP contribution < -0.4 is 5.32 Å². The summed E-state index contributed by atoms with van der Waals surface area (Å²) in [6, 6.07) is 12.7. The highest BCUT2D eigenvalue weighted by Gasteiger charge is 2.17. The number of Topliss-reactive ketones (excluding diaryl/α,β-unsaturated/α-hetero) is 1. The van der Waals surface area contributed by atoms with Crippen LogP contribution in [0.25, 0.3) is 0 Å². The van der Waals surface area contributed by atoms with E-state index in [1.54, 1.807) is 36.4 Å². The Morgan fingerprint density at radius 1 is 0.917 bits per heavy atom. The maximum Gasteiger partial charge on any atom is 0.251 e. The maximum atomic E-state index is 12.3. The summed E-state index contributed by atoms with van der Waals surface area (Å²) in [5.74, 6) is -0.753. The second-order valence-corrected chi connectivity index (χ2v) is 7.57. The van der Waals surface area contributed by atoms with Gasteiger partial charge in [-0.05, 0) is 31.2 Å². The minimum Gasteiger partial charge on any atom is -0.355 e. The first-order valence-corrected chi connectivity index (χ1v) is 9.13. The number of carbonyl (C=O) groups is 2. The highest BCUT2D eigenvalue weighted by Crippen LogP contribution is 2.15. The fourth-order valence-corrected chi connectivity index (χ4v) is 3.43. The number of benzene rings is 2. The molecular weight excluding hydrogens is 326 g/mol. The first-order valence-electron chi connectivity index (χ1n) is 7.48. The van der Waals surface area contributed by atoms with Gasteiger partial charge in [-0.3, -0.25) is 9.59 Å². The zero-order valence-electron chi connectivity index (χ0n) is 13.6. The van der Waals surface area contributed by atoms with Gasteiger partial charge >= 0.3 is 0 Å². The molecule has 5 nitrogen and oxygen atoms in total. The van der Waals surface area contributed by atoms with E-state index in [0.717, 1.165) is 5.56 Å². The third-order valence-corrected chi connectivity index (χ3v) is 5.41. The van der Waals surface area contributed by atoms with Gasteiger partial charge in [0.25, 0.3) is 5.91 Å². The Kier molecular flexibility index (Phi) is 5.51. The quantitative estimate of drug-likeness (QED) is 0.815. The van der Waals surface area contributed by atoms with Crippen LogP contribution >= 0.6 is 0 Å². The molecule has 126 valence electrons. The van der Waals surface area contributed by atoms with Gasteiger partial charge in [0.2, 0.25) is 0 Å². The molecule has 0 aliphatic rings. The van der Waals surface area contributed by atoms with E-state index in [9.17, 15) is 18.0 Å². The van der Waals surface area contributed by atoms with Crippen molar-refractivity contribution in [1.82, 2.24) is 5.32 Å². The minimum atomic E-state index is -3.49. The van der Waals surface area contributed by atoms with Gasteiger partial charge < -0.3 is 5.32 Å². The van der Waals surface area contributed by atoms with E-state index in [0.29, 0.717) is 11.1 Å². The second-order valence-electron chi connectivity index (χ2n) is 5.46. The molecule has 2 aromatic carbocycles. The van der Waals surface area contributed by atoms with Crippen molar-refractivity contribution in [2.24, 2.45) is 0 Å². The second kappa shape index (κ2) is 7.40. The number of nitrogens with one attached hydrogen (secondary N) is 1. The first-order chi connectivity index (χ1) is 11.3. The predicted octanol–water partition coefficient (Wildman–Crippen LogP) is 2.40. The molecule has 1 amide bonds. The van der Waals surface area contributed by atoms with Crippen LogP contribution in [0.1, 0.15) is 32.7 Å². The fraction of sp³-hybridized carbons (Fsp3) is 0.222. The number of ketones is 1. The lowest BCUT2D eigenvalue weighted by atomic mass is 10.1. The molecule has 0 radical (unpaired) electrons. The Labute approximate surface area is 141 Å². The molecule has 6 heteroatoms. The van der Waals surface area contributed by atoms with E-state index >= 15 is 0 Å². The zero-order valence-corrected chi connectivity index (χ0v) is 14.4. The Balaban J connectivity index is 2.04. The maximum absolute atomic E-state index is 12.3. The number of sulfone groups is 1. The highest BCUT2D eigenvalue weighted by molar-refractivity contribution is 7.91. The number of aryl methyl sites for hydroxylation is 1. The van der Waals surface area contributed by atoms with Crippen molar-refractivity contribution in [3.63, 3.8) is 0 Å². The Morgan fingerprint density at radius 2 is 1.46 bits per heavy atom. The van der Waals surface area contributed by atoms with Crippen LogP contribution in [0, 0.1) is 6.92 Å². The molecule has 0 heterocycles. The van der Waals surface area contributed by atoms with Crippen molar-refractivity contribution in [2.75, 3.05) is 12.8 Å². The van der Waals surface area contributed by atoms with Crippen molar-refractivity contribution >= 4 is 21.5 Å². The summed E-state index contributed by atoms with van der Waals surface area (Å²) in [5, 5.41) is 2.49. The zero-order chi connectivity index (χ0) is 17.7. The normalized spacial score (nSPS) is 11.1. The van der Waals surface area contributed by atoms with Crippen LogP contribution in [0.4, 0.5) is 0 Å². The number of hydrogen-bond donors (Lipinski definition) is 1. The van der Waals surface area contributed by atoms with Crippen LogP contribution in [0.3, 0.4) is 0 Å². The molecule has 2 aromatic rings. The summed E-state index contributed by atoms with van der Waals surface area (Å²) in [6.45, 7) is 1.88. The molecule has 0 bridgehead atoms. The van der Waals surface area contributed by atoms with Crippen LogP contribution in [-0.2, 0) is 9.84 Å². The average Bonchev–Trinajstić information content (AvgIpc) is 2.59. The predicted molar refractivity (Wildman–Crippen MR) is 92.0 cm³/mol. The molecule has 1 N–H and O–H groups in total. The molecule has 2 rings (SSSR count). The minimum absolute atomic E-state index is 0.102. The van der Waals surface area contributed by atoms with Crippen molar-refractivity contribution in [3.05, 3.63) is 65.2 Å². The molecule has 0 fully saturated rings. The van der Waals surface area contributed by atoms with Crippen LogP contribution in [0.2, 0.25) is 0 Å². The molecule has 0 aliphatic heterocycles. The van der Waals surface area contributed by atoms with E-state index in [4.69, 9.17) is 0 Å². The largest absolute Gasteiger partial charge is 0.355 e. The lowest BCUT2D eigenvalue weighted by Gasteiger charge is -2.06. The number of carbonyl (C=O) groups excluding carboxylic acids is 2. The van der Waals surface area contributed by atoms with Crippen molar-refractivity contribution in [1.29, 1.82) is 0 Å². The SMILES string of the molecule is CNC(=O)c1ccc(C(=O)CCS(=O)(=O)c2ccc(C)cc2)cc1. The molecule has 0 saturated heterocycles. The lowest BCUT2D eigenvalue weighted by molar-refractivity contribution is 0.0958. The van der Waals surface area contributed by atoms with Gasteiger partial charge in [0.1, 0.15) is 0 Å². The molecule has 0 spiro atoms. The van der Waals surface area contributed by atoms with Gasteiger partial charge in [-0.2, -0.15) is 0 Å². The van der Waals surface area contributed by atoms with E-state index in [2.05, 4.69) is 5.32 Å². The third kappa shape index (κ3) is 4.29. The molecule has 0 aliphatic carbocycles. The summed E-state index contributed by atoms with van der Waals surface area (Å²) in [6.07, 6.45) is -0.102. The van der Waals surface area contributed by atoms with Crippen molar-refractivity contribution in [2.45, 2.75) is 18.2 Å². The first kappa shape index (κ1) is 17.9. The molecule has 0 unspecified atom stereocenters. The lowest BCUT2D eigenvalue weighted by Crippen LogP contribution is -2.17. The molecular formula is C18H19NO4S.